The van der Waals surface area contributed by atoms with E-state index in [2.05, 4.69) is 43.9 Å². The summed E-state index contributed by atoms with van der Waals surface area (Å²) in [6.07, 6.45) is 5.23. The summed E-state index contributed by atoms with van der Waals surface area (Å²) < 4.78 is 0. The smallest absolute Gasteiger partial charge is 0.0456 e. The van der Waals surface area contributed by atoms with Gasteiger partial charge in [-0.05, 0) is 76.1 Å². The van der Waals surface area contributed by atoms with Gasteiger partial charge in [0.1, 0.15) is 0 Å². The largest absolute Gasteiger partial charge is 0.291 e. The van der Waals surface area contributed by atoms with Gasteiger partial charge in [-0.25, -0.2) is 0 Å². The molecular weight excluding hydrogens is 254 g/mol. The average Bonchev–Trinajstić information content (AvgIpc) is 3.05. The third-order valence-corrected chi connectivity index (χ3v) is 4.88. The van der Waals surface area contributed by atoms with E-state index >= 15 is 0 Å². The molecule has 1 aromatic rings. The Morgan fingerprint density at radius 2 is 1.89 bits per heavy atom. The van der Waals surface area contributed by atoms with E-state index in [1.165, 1.54) is 43.4 Å². The summed E-state index contributed by atoms with van der Waals surface area (Å²) in [5, 5.41) is 0.977. The second-order valence-electron chi connectivity index (χ2n) is 7.04. The molecule has 0 N–H and O–H groups in total. The van der Waals surface area contributed by atoms with Gasteiger partial charge in [0, 0.05) is 16.6 Å². The molecule has 1 nitrogen and oxygen atoms in total. The predicted molar refractivity (Wildman–Crippen MR) is 81.9 cm³/mol. The number of hydrogen-bond donors (Lipinski definition) is 0. The highest BCUT2D eigenvalue weighted by molar-refractivity contribution is 6.31. The third kappa shape index (κ3) is 2.55. The Bertz CT molecular complexity index is 471. The van der Waals surface area contributed by atoms with Crippen LogP contribution in [0.25, 0.3) is 0 Å². The molecule has 0 amide bonds. The van der Waals surface area contributed by atoms with Gasteiger partial charge < -0.3 is 0 Å². The number of hydrogen-bond acceptors (Lipinski definition) is 1. The maximum absolute atomic E-state index is 6.57. The molecule has 1 unspecified atom stereocenters. The van der Waals surface area contributed by atoms with E-state index in [9.17, 15) is 0 Å². The fourth-order valence-electron chi connectivity index (χ4n) is 3.53. The summed E-state index contributed by atoms with van der Waals surface area (Å²) in [4.78, 5) is 2.64. The van der Waals surface area contributed by atoms with Gasteiger partial charge in [0.2, 0.25) is 0 Å². The third-order valence-electron chi connectivity index (χ3n) is 4.55. The van der Waals surface area contributed by atoms with E-state index in [4.69, 9.17) is 11.6 Å². The fourth-order valence-corrected chi connectivity index (χ4v) is 3.83. The molecule has 1 saturated heterocycles. The highest BCUT2D eigenvalue weighted by Gasteiger charge is 2.38. The Morgan fingerprint density at radius 1 is 1.16 bits per heavy atom. The van der Waals surface area contributed by atoms with Crippen molar-refractivity contribution in [1.82, 2.24) is 4.90 Å². The van der Waals surface area contributed by atoms with Gasteiger partial charge in [-0.15, -0.1) is 0 Å². The van der Waals surface area contributed by atoms with Crippen molar-refractivity contribution in [1.29, 1.82) is 0 Å². The average molecular weight is 278 g/mol. The number of rotatable bonds is 2. The van der Waals surface area contributed by atoms with Crippen LogP contribution in [0.5, 0.6) is 0 Å². The van der Waals surface area contributed by atoms with E-state index in [1.807, 2.05) is 0 Å². The number of likely N-dealkylation sites (tertiary alicyclic amines) is 1. The van der Waals surface area contributed by atoms with Gasteiger partial charge in [-0.3, -0.25) is 4.90 Å². The molecule has 1 aliphatic carbocycles. The van der Waals surface area contributed by atoms with E-state index < -0.39 is 0 Å². The molecule has 0 aromatic heterocycles. The van der Waals surface area contributed by atoms with Crippen molar-refractivity contribution in [2.75, 3.05) is 6.54 Å². The summed E-state index contributed by atoms with van der Waals surface area (Å²) in [6, 6.07) is 7.01. The first-order chi connectivity index (χ1) is 8.98. The highest BCUT2D eigenvalue weighted by atomic mass is 35.5. The van der Waals surface area contributed by atoms with Crippen LogP contribution in [0.2, 0.25) is 5.02 Å². The van der Waals surface area contributed by atoms with Crippen molar-refractivity contribution in [3.8, 4) is 0 Å². The minimum Gasteiger partial charge on any atom is -0.291 e. The van der Waals surface area contributed by atoms with Gasteiger partial charge in [0.05, 0.1) is 0 Å². The van der Waals surface area contributed by atoms with E-state index in [0.717, 1.165) is 10.9 Å². The van der Waals surface area contributed by atoms with Crippen LogP contribution in [0, 0.1) is 0 Å². The topological polar surface area (TPSA) is 3.24 Å². The van der Waals surface area contributed by atoms with Crippen molar-refractivity contribution in [2.24, 2.45) is 0 Å². The summed E-state index contributed by atoms with van der Waals surface area (Å²) in [7, 11) is 0. The maximum atomic E-state index is 6.57. The monoisotopic (exact) mass is 277 g/mol. The molecule has 104 valence electrons. The first-order valence-electron chi connectivity index (χ1n) is 7.53. The molecule has 1 aliphatic heterocycles. The second kappa shape index (κ2) is 4.79. The Morgan fingerprint density at radius 3 is 2.53 bits per heavy atom. The zero-order chi connectivity index (χ0) is 13.6. The molecule has 2 heteroatoms. The molecule has 1 aromatic carbocycles. The highest BCUT2D eigenvalue weighted by Crippen LogP contribution is 2.48. The van der Waals surface area contributed by atoms with Crippen molar-refractivity contribution in [3.05, 3.63) is 34.3 Å². The molecule has 1 saturated carbocycles. The zero-order valence-electron chi connectivity index (χ0n) is 12.2. The van der Waals surface area contributed by atoms with Crippen molar-refractivity contribution in [3.63, 3.8) is 0 Å². The zero-order valence-corrected chi connectivity index (χ0v) is 13.0. The Labute approximate surface area is 121 Å². The minimum atomic E-state index is 0.223. The van der Waals surface area contributed by atoms with Gasteiger partial charge in [-0.2, -0.15) is 0 Å². The molecule has 0 spiro atoms. The lowest BCUT2D eigenvalue weighted by Gasteiger charge is -2.38. The quantitative estimate of drug-likeness (QED) is 0.722. The molecular formula is C17H24ClN. The molecule has 3 rings (SSSR count). The second-order valence-corrected chi connectivity index (χ2v) is 7.45. The van der Waals surface area contributed by atoms with Crippen molar-refractivity contribution >= 4 is 11.6 Å². The molecule has 0 radical (unpaired) electrons. The van der Waals surface area contributed by atoms with Crippen LogP contribution in [-0.2, 0) is 0 Å². The Hall–Kier alpha value is -0.530. The molecule has 1 heterocycles. The number of halogens is 1. The van der Waals surface area contributed by atoms with E-state index in [1.54, 1.807) is 0 Å². The van der Waals surface area contributed by atoms with Crippen LogP contribution < -0.4 is 0 Å². The first-order valence-corrected chi connectivity index (χ1v) is 7.91. The Kier molecular flexibility index (Phi) is 3.39. The molecule has 19 heavy (non-hydrogen) atoms. The van der Waals surface area contributed by atoms with Crippen LogP contribution >= 0.6 is 11.6 Å². The van der Waals surface area contributed by atoms with Crippen LogP contribution in [0.15, 0.2) is 18.2 Å². The fraction of sp³-hybridized carbons (Fsp3) is 0.647. The van der Waals surface area contributed by atoms with Crippen LogP contribution in [0.3, 0.4) is 0 Å². The lowest BCUT2D eigenvalue weighted by Crippen LogP contribution is -2.40. The molecule has 1 atom stereocenters. The van der Waals surface area contributed by atoms with Gasteiger partial charge >= 0.3 is 0 Å². The van der Waals surface area contributed by atoms with Crippen LogP contribution in [-0.4, -0.2) is 17.0 Å². The lowest BCUT2D eigenvalue weighted by atomic mass is 9.93. The SMILES string of the molecule is CC(C)(C)N1CCCC1c1c(Cl)cccc1C1CC1. The van der Waals surface area contributed by atoms with E-state index in [0.29, 0.717) is 6.04 Å². The number of benzene rings is 1. The van der Waals surface area contributed by atoms with Crippen LogP contribution in [0.4, 0.5) is 0 Å². The summed E-state index contributed by atoms with van der Waals surface area (Å²) in [5.74, 6) is 0.774. The van der Waals surface area contributed by atoms with Gasteiger partial charge in [0.15, 0.2) is 0 Å². The van der Waals surface area contributed by atoms with Crippen LogP contribution in [0.1, 0.15) is 69.5 Å². The number of nitrogens with zero attached hydrogens (tertiary/aromatic N) is 1. The normalized spacial score (nSPS) is 24.9. The molecule has 2 aliphatic rings. The standard InChI is InChI=1S/C17H24ClN/c1-17(2,3)19-11-5-8-15(19)16-13(12-9-10-12)6-4-7-14(16)18/h4,6-7,12,15H,5,8-11H2,1-3H3. The van der Waals surface area contributed by atoms with Crippen molar-refractivity contribution in [2.45, 2.75) is 64.0 Å². The summed E-state index contributed by atoms with van der Waals surface area (Å²) in [5.41, 5.74) is 3.17. The first kappa shape index (κ1) is 13.5. The summed E-state index contributed by atoms with van der Waals surface area (Å²) >= 11 is 6.57. The van der Waals surface area contributed by atoms with Gasteiger partial charge in [0.25, 0.3) is 0 Å². The Balaban J connectivity index is 2.01. The van der Waals surface area contributed by atoms with Crippen molar-refractivity contribution < 1.29 is 0 Å². The predicted octanol–water partition coefficient (Wildman–Crippen LogP) is 5.15. The van der Waals surface area contributed by atoms with E-state index in [-0.39, 0.29) is 5.54 Å². The minimum absolute atomic E-state index is 0.223. The molecule has 2 fully saturated rings. The maximum Gasteiger partial charge on any atom is 0.0456 e. The van der Waals surface area contributed by atoms with Gasteiger partial charge in [-0.1, -0.05) is 23.7 Å². The molecule has 0 bridgehead atoms. The summed E-state index contributed by atoms with van der Waals surface area (Å²) in [6.45, 7) is 8.15. The lowest BCUT2D eigenvalue weighted by molar-refractivity contribution is 0.121.